The second kappa shape index (κ2) is 9.93. The third-order valence-electron chi connectivity index (χ3n) is 6.03. The Morgan fingerprint density at radius 1 is 0.906 bits per heavy atom. The molecule has 0 aliphatic carbocycles. The maximum absolute atomic E-state index is 12.9. The molecule has 2 saturated heterocycles. The van der Waals surface area contributed by atoms with Crippen molar-refractivity contribution in [3.63, 3.8) is 0 Å². The molecule has 1 N–H and O–H groups in total. The van der Waals surface area contributed by atoms with Crippen molar-refractivity contribution < 1.29 is 14.3 Å². The number of rotatable bonds is 5. The fourth-order valence-corrected chi connectivity index (χ4v) is 4.30. The summed E-state index contributed by atoms with van der Waals surface area (Å²) in [6.07, 6.45) is 3.72. The highest BCUT2D eigenvalue weighted by atomic mass is 16.5. The van der Waals surface area contributed by atoms with E-state index in [0.29, 0.717) is 30.3 Å². The van der Waals surface area contributed by atoms with Crippen LogP contribution in [0.1, 0.15) is 25.1 Å². The van der Waals surface area contributed by atoms with Crippen molar-refractivity contribution in [1.82, 2.24) is 14.9 Å². The Labute approximate surface area is 189 Å². The van der Waals surface area contributed by atoms with E-state index in [2.05, 4.69) is 31.2 Å². The van der Waals surface area contributed by atoms with Crippen LogP contribution in [0.4, 0.5) is 22.1 Å². The number of benzene rings is 1. The Balaban J connectivity index is 1.39. The number of carbonyl (C=O) groups is 1. The van der Waals surface area contributed by atoms with E-state index >= 15 is 0 Å². The van der Waals surface area contributed by atoms with Crippen LogP contribution in [0.15, 0.2) is 24.3 Å². The van der Waals surface area contributed by atoms with Crippen LogP contribution in [-0.4, -0.2) is 74.4 Å². The van der Waals surface area contributed by atoms with Crippen LogP contribution >= 0.6 is 0 Å². The molecule has 0 radical (unpaired) electrons. The molecule has 9 nitrogen and oxygen atoms in total. The van der Waals surface area contributed by atoms with Gasteiger partial charge < -0.3 is 29.5 Å². The number of piperazine rings is 1. The molecular formula is C23H32N6O3. The number of carbonyl (C=O) groups excluding carboxylic acids is 1. The van der Waals surface area contributed by atoms with E-state index in [9.17, 15) is 4.79 Å². The van der Waals surface area contributed by atoms with Crippen LogP contribution in [0.5, 0.6) is 11.5 Å². The van der Waals surface area contributed by atoms with Gasteiger partial charge in [-0.1, -0.05) is 6.07 Å². The summed E-state index contributed by atoms with van der Waals surface area (Å²) >= 11 is 0. The van der Waals surface area contributed by atoms with Gasteiger partial charge in [0, 0.05) is 45.3 Å². The minimum Gasteiger partial charge on any atom is -0.493 e. The Bertz CT molecular complexity index is 939. The number of para-hydroxylation sites is 1. The van der Waals surface area contributed by atoms with Gasteiger partial charge in [-0.05, 0) is 38.3 Å². The SMILES string of the molecule is COc1cccc(NC(=O)N2CCN(c3cc(N4CCCCC4)nc(C)n3)CC2)c1OC. The van der Waals surface area contributed by atoms with E-state index in [4.69, 9.17) is 9.47 Å². The van der Waals surface area contributed by atoms with Crippen molar-refractivity contribution in [3.05, 3.63) is 30.1 Å². The summed E-state index contributed by atoms with van der Waals surface area (Å²) in [4.78, 5) is 28.6. The topological polar surface area (TPSA) is 83.1 Å². The number of urea groups is 1. The van der Waals surface area contributed by atoms with Crippen LogP contribution in [0, 0.1) is 6.92 Å². The summed E-state index contributed by atoms with van der Waals surface area (Å²) < 4.78 is 10.7. The van der Waals surface area contributed by atoms with Gasteiger partial charge >= 0.3 is 6.03 Å². The molecule has 1 aromatic heterocycles. The molecule has 2 aromatic rings. The molecule has 0 atom stereocenters. The number of amides is 2. The van der Waals surface area contributed by atoms with Crippen molar-refractivity contribution in [2.45, 2.75) is 26.2 Å². The first-order valence-corrected chi connectivity index (χ1v) is 11.2. The highest BCUT2D eigenvalue weighted by Gasteiger charge is 2.24. The normalized spacial score (nSPS) is 16.7. The number of ether oxygens (including phenoxy) is 2. The lowest BCUT2D eigenvalue weighted by molar-refractivity contribution is 0.208. The highest BCUT2D eigenvalue weighted by molar-refractivity contribution is 5.91. The molecule has 9 heteroatoms. The van der Waals surface area contributed by atoms with Crippen molar-refractivity contribution >= 4 is 23.4 Å². The number of nitrogens with one attached hydrogen (secondary N) is 1. The summed E-state index contributed by atoms with van der Waals surface area (Å²) in [6.45, 7) is 6.72. The number of aryl methyl sites for hydroxylation is 1. The largest absolute Gasteiger partial charge is 0.493 e. The summed E-state index contributed by atoms with van der Waals surface area (Å²) in [5.74, 6) is 3.83. The minimum absolute atomic E-state index is 0.149. The summed E-state index contributed by atoms with van der Waals surface area (Å²) in [6, 6.07) is 7.38. The number of hydrogen-bond donors (Lipinski definition) is 1. The van der Waals surface area contributed by atoms with Crippen molar-refractivity contribution in [1.29, 1.82) is 0 Å². The standard InChI is InChI=1S/C23H32N6O3/c1-17-24-20(27-10-5-4-6-11-27)16-21(25-17)28-12-14-29(15-13-28)23(30)26-18-8-7-9-19(31-2)22(18)32-3/h7-9,16H,4-6,10-15H2,1-3H3,(H,26,30). The van der Waals surface area contributed by atoms with Gasteiger partial charge in [0.2, 0.25) is 0 Å². The minimum atomic E-state index is -0.149. The first-order valence-electron chi connectivity index (χ1n) is 11.2. The molecule has 3 heterocycles. The lowest BCUT2D eigenvalue weighted by Crippen LogP contribution is -2.50. The van der Waals surface area contributed by atoms with Crippen molar-refractivity contribution in [2.75, 3.05) is 68.6 Å². The van der Waals surface area contributed by atoms with Crippen LogP contribution in [-0.2, 0) is 0 Å². The van der Waals surface area contributed by atoms with E-state index in [1.165, 1.54) is 19.3 Å². The third-order valence-corrected chi connectivity index (χ3v) is 6.03. The highest BCUT2D eigenvalue weighted by Crippen LogP contribution is 2.35. The predicted octanol–water partition coefficient (Wildman–Crippen LogP) is 3.15. The van der Waals surface area contributed by atoms with E-state index in [-0.39, 0.29) is 6.03 Å². The Hall–Kier alpha value is -3.23. The van der Waals surface area contributed by atoms with Crippen LogP contribution in [0.2, 0.25) is 0 Å². The summed E-state index contributed by atoms with van der Waals surface area (Å²) in [5.41, 5.74) is 0.594. The quantitative estimate of drug-likeness (QED) is 0.765. The van der Waals surface area contributed by atoms with Gasteiger partial charge in [-0.25, -0.2) is 14.8 Å². The van der Waals surface area contributed by atoms with Gasteiger partial charge in [0.1, 0.15) is 17.5 Å². The fourth-order valence-electron chi connectivity index (χ4n) is 4.30. The molecule has 4 rings (SSSR count). The summed E-state index contributed by atoms with van der Waals surface area (Å²) in [7, 11) is 3.14. The molecule has 2 aliphatic heterocycles. The molecule has 32 heavy (non-hydrogen) atoms. The average Bonchev–Trinajstić information content (AvgIpc) is 2.84. The number of nitrogens with zero attached hydrogens (tertiary/aromatic N) is 5. The number of methoxy groups -OCH3 is 2. The van der Waals surface area contributed by atoms with Gasteiger partial charge in [-0.2, -0.15) is 0 Å². The van der Waals surface area contributed by atoms with Crippen LogP contribution in [0.3, 0.4) is 0 Å². The van der Waals surface area contributed by atoms with E-state index in [1.807, 2.05) is 17.9 Å². The lowest BCUT2D eigenvalue weighted by Gasteiger charge is -2.36. The van der Waals surface area contributed by atoms with Gasteiger partial charge in [0.15, 0.2) is 11.5 Å². The Morgan fingerprint density at radius 3 is 2.19 bits per heavy atom. The summed E-state index contributed by atoms with van der Waals surface area (Å²) in [5, 5.41) is 2.95. The first-order chi connectivity index (χ1) is 15.6. The zero-order valence-corrected chi connectivity index (χ0v) is 19.1. The van der Waals surface area contributed by atoms with Crippen molar-refractivity contribution in [3.8, 4) is 11.5 Å². The molecule has 0 spiro atoms. The van der Waals surface area contributed by atoms with E-state index in [0.717, 1.165) is 43.6 Å². The Kier molecular flexibility index (Phi) is 6.82. The monoisotopic (exact) mass is 440 g/mol. The van der Waals surface area contributed by atoms with E-state index < -0.39 is 0 Å². The molecule has 1 aromatic carbocycles. The third kappa shape index (κ3) is 4.81. The number of aromatic nitrogens is 2. The lowest BCUT2D eigenvalue weighted by atomic mass is 10.1. The predicted molar refractivity (Wildman–Crippen MR) is 125 cm³/mol. The fraction of sp³-hybridized carbons (Fsp3) is 0.522. The maximum Gasteiger partial charge on any atom is 0.322 e. The zero-order valence-electron chi connectivity index (χ0n) is 19.1. The number of piperidine rings is 1. The van der Waals surface area contributed by atoms with Gasteiger partial charge in [-0.15, -0.1) is 0 Å². The first kappa shape index (κ1) is 22.0. The molecular weight excluding hydrogens is 408 g/mol. The number of anilines is 3. The zero-order chi connectivity index (χ0) is 22.5. The second-order valence-corrected chi connectivity index (χ2v) is 8.12. The molecule has 2 amide bonds. The van der Waals surface area contributed by atoms with Crippen LogP contribution in [0.25, 0.3) is 0 Å². The van der Waals surface area contributed by atoms with Crippen molar-refractivity contribution in [2.24, 2.45) is 0 Å². The number of hydrogen-bond acceptors (Lipinski definition) is 7. The maximum atomic E-state index is 12.9. The molecule has 0 saturated carbocycles. The van der Waals surface area contributed by atoms with Gasteiger partial charge in [0.25, 0.3) is 0 Å². The average molecular weight is 441 g/mol. The smallest absolute Gasteiger partial charge is 0.322 e. The molecule has 172 valence electrons. The van der Waals surface area contributed by atoms with Gasteiger partial charge in [-0.3, -0.25) is 0 Å². The molecule has 2 aliphatic rings. The van der Waals surface area contributed by atoms with Crippen LogP contribution < -0.4 is 24.6 Å². The van der Waals surface area contributed by atoms with Gasteiger partial charge in [0.05, 0.1) is 19.9 Å². The van der Waals surface area contributed by atoms with E-state index in [1.54, 1.807) is 26.4 Å². The second-order valence-electron chi connectivity index (χ2n) is 8.12. The molecule has 0 unspecified atom stereocenters. The molecule has 0 bridgehead atoms. The molecule has 2 fully saturated rings. The Morgan fingerprint density at radius 2 is 1.56 bits per heavy atom.